The summed E-state index contributed by atoms with van der Waals surface area (Å²) >= 11 is 0. The maximum Gasteiger partial charge on any atom is 0.131 e. The van der Waals surface area contributed by atoms with E-state index in [1.54, 1.807) is 12.3 Å². The van der Waals surface area contributed by atoms with Crippen molar-refractivity contribution in [3.8, 4) is 11.1 Å². The highest BCUT2D eigenvalue weighted by Gasteiger charge is 2.08. The zero-order valence-corrected chi connectivity index (χ0v) is 11.5. The van der Waals surface area contributed by atoms with E-state index in [4.69, 9.17) is 0 Å². The van der Waals surface area contributed by atoms with E-state index >= 15 is 0 Å². The molecule has 0 bridgehead atoms. The van der Waals surface area contributed by atoms with Crippen molar-refractivity contribution >= 4 is 0 Å². The van der Waals surface area contributed by atoms with Crippen LogP contribution in [0.5, 0.6) is 0 Å². The predicted octanol–water partition coefficient (Wildman–Crippen LogP) is 3.21. The van der Waals surface area contributed by atoms with E-state index in [-0.39, 0.29) is 5.82 Å². The molecule has 19 heavy (non-hydrogen) atoms. The summed E-state index contributed by atoms with van der Waals surface area (Å²) in [7, 11) is 0. The molecule has 0 spiro atoms. The summed E-state index contributed by atoms with van der Waals surface area (Å²) in [5.41, 5.74) is 2.41. The topological polar surface area (TPSA) is 29.9 Å². The number of nitrogens with zero attached hydrogens (tertiary/aromatic N) is 2. The second kappa shape index (κ2) is 6.48. The lowest BCUT2D eigenvalue weighted by molar-refractivity contribution is 0.602. The number of halogens is 1. The van der Waals surface area contributed by atoms with Gasteiger partial charge in [-0.15, -0.1) is 0 Å². The Balaban J connectivity index is 2.19. The third-order valence-corrected chi connectivity index (χ3v) is 3.01. The van der Waals surface area contributed by atoms with E-state index < -0.39 is 0 Å². The first-order valence-corrected chi connectivity index (χ1v) is 6.76. The Kier molecular flexibility index (Phi) is 4.68. The molecule has 0 unspecified atom stereocenters. The first-order chi connectivity index (χ1) is 9.24. The van der Waals surface area contributed by atoms with Crippen LogP contribution in [0.25, 0.3) is 11.1 Å². The molecule has 0 aliphatic heterocycles. The Labute approximate surface area is 113 Å². The average molecular weight is 261 g/mol. The standard InChI is InChI=1S/C15H20FN3/c1-3-7-19-11-13(10-18-19)14-6-5-12(8-15(14)16)9-17-4-2/h5-6,8,10-11,17H,3-4,7,9H2,1-2H3. The van der Waals surface area contributed by atoms with Crippen molar-refractivity contribution in [2.24, 2.45) is 0 Å². The molecule has 1 aromatic heterocycles. The molecule has 4 heteroatoms. The zero-order valence-electron chi connectivity index (χ0n) is 11.5. The van der Waals surface area contributed by atoms with Crippen molar-refractivity contribution in [2.45, 2.75) is 33.4 Å². The largest absolute Gasteiger partial charge is 0.313 e. The number of hydrogen-bond donors (Lipinski definition) is 1. The summed E-state index contributed by atoms with van der Waals surface area (Å²) in [5.74, 6) is -0.188. The number of nitrogens with one attached hydrogen (secondary N) is 1. The molecule has 2 aromatic rings. The lowest BCUT2D eigenvalue weighted by Crippen LogP contribution is -2.11. The van der Waals surface area contributed by atoms with Crippen molar-refractivity contribution < 1.29 is 4.39 Å². The van der Waals surface area contributed by atoms with Gasteiger partial charge in [-0.05, 0) is 24.6 Å². The Morgan fingerprint density at radius 2 is 2.16 bits per heavy atom. The number of hydrogen-bond acceptors (Lipinski definition) is 2. The molecule has 0 fully saturated rings. The third-order valence-electron chi connectivity index (χ3n) is 3.01. The van der Waals surface area contributed by atoms with Crippen LogP contribution in [0.1, 0.15) is 25.8 Å². The van der Waals surface area contributed by atoms with E-state index in [2.05, 4.69) is 17.3 Å². The van der Waals surface area contributed by atoms with Crippen LogP contribution in [-0.2, 0) is 13.1 Å². The van der Waals surface area contributed by atoms with Gasteiger partial charge in [-0.25, -0.2) is 4.39 Å². The molecule has 1 heterocycles. The molecule has 0 atom stereocenters. The normalized spacial score (nSPS) is 10.9. The second-order valence-corrected chi connectivity index (χ2v) is 4.59. The van der Waals surface area contributed by atoms with Crippen molar-refractivity contribution in [1.29, 1.82) is 0 Å². The van der Waals surface area contributed by atoms with Crippen LogP contribution >= 0.6 is 0 Å². The monoisotopic (exact) mass is 261 g/mol. The molecule has 3 nitrogen and oxygen atoms in total. The highest BCUT2D eigenvalue weighted by molar-refractivity contribution is 5.62. The summed E-state index contributed by atoms with van der Waals surface area (Å²) in [6, 6.07) is 5.38. The number of benzene rings is 1. The fourth-order valence-corrected chi connectivity index (χ4v) is 2.03. The molecule has 2 rings (SSSR count). The summed E-state index contributed by atoms with van der Waals surface area (Å²) in [6.45, 7) is 6.57. The van der Waals surface area contributed by atoms with E-state index in [1.165, 1.54) is 0 Å². The van der Waals surface area contributed by atoms with Crippen LogP contribution in [0.3, 0.4) is 0 Å². The maximum absolute atomic E-state index is 14.1. The Hall–Kier alpha value is -1.68. The van der Waals surface area contributed by atoms with Crippen LogP contribution < -0.4 is 5.32 Å². The zero-order chi connectivity index (χ0) is 13.7. The van der Waals surface area contributed by atoms with Crippen molar-refractivity contribution in [3.05, 3.63) is 42.0 Å². The quantitative estimate of drug-likeness (QED) is 0.865. The molecule has 0 saturated heterocycles. The van der Waals surface area contributed by atoms with Crippen molar-refractivity contribution in [3.63, 3.8) is 0 Å². The summed E-state index contributed by atoms with van der Waals surface area (Å²) < 4.78 is 15.9. The second-order valence-electron chi connectivity index (χ2n) is 4.59. The highest BCUT2D eigenvalue weighted by Crippen LogP contribution is 2.23. The summed E-state index contributed by atoms with van der Waals surface area (Å²) in [4.78, 5) is 0. The molecular weight excluding hydrogens is 241 g/mol. The summed E-state index contributed by atoms with van der Waals surface area (Å²) in [6.07, 6.45) is 4.63. The van der Waals surface area contributed by atoms with Crippen LogP contribution in [-0.4, -0.2) is 16.3 Å². The SMILES string of the molecule is CCCn1cc(-c2ccc(CNCC)cc2F)cn1. The van der Waals surface area contributed by atoms with Crippen LogP contribution in [0.2, 0.25) is 0 Å². The molecule has 0 aliphatic carbocycles. The average Bonchev–Trinajstić information content (AvgIpc) is 2.85. The van der Waals surface area contributed by atoms with E-state index in [0.717, 1.165) is 30.6 Å². The number of rotatable bonds is 6. The van der Waals surface area contributed by atoms with Crippen LogP contribution in [0.15, 0.2) is 30.6 Å². The van der Waals surface area contributed by atoms with Gasteiger partial charge in [0.2, 0.25) is 0 Å². The van der Waals surface area contributed by atoms with Gasteiger partial charge in [0.1, 0.15) is 5.82 Å². The minimum absolute atomic E-state index is 0.188. The minimum atomic E-state index is -0.188. The Morgan fingerprint density at radius 3 is 2.84 bits per heavy atom. The lowest BCUT2D eigenvalue weighted by atomic mass is 10.1. The fraction of sp³-hybridized carbons (Fsp3) is 0.400. The molecule has 0 amide bonds. The van der Waals surface area contributed by atoms with E-state index in [1.807, 2.05) is 29.9 Å². The van der Waals surface area contributed by atoms with Gasteiger partial charge < -0.3 is 5.32 Å². The third kappa shape index (κ3) is 3.41. The summed E-state index contributed by atoms with van der Waals surface area (Å²) in [5, 5.41) is 7.42. The van der Waals surface area contributed by atoms with Crippen molar-refractivity contribution in [2.75, 3.05) is 6.54 Å². The lowest BCUT2D eigenvalue weighted by Gasteiger charge is -2.05. The molecular formula is C15H20FN3. The van der Waals surface area contributed by atoms with Gasteiger partial charge in [0.05, 0.1) is 6.20 Å². The Morgan fingerprint density at radius 1 is 1.32 bits per heavy atom. The molecule has 1 N–H and O–H groups in total. The maximum atomic E-state index is 14.1. The van der Waals surface area contributed by atoms with Crippen molar-refractivity contribution in [1.82, 2.24) is 15.1 Å². The highest BCUT2D eigenvalue weighted by atomic mass is 19.1. The van der Waals surface area contributed by atoms with Crippen LogP contribution in [0.4, 0.5) is 4.39 Å². The van der Waals surface area contributed by atoms with Gasteiger partial charge in [0.25, 0.3) is 0 Å². The van der Waals surface area contributed by atoms with Gasteiger partial charge in [0.15, 0.2) is 0 Å². The molecule has 0 saturated carbocycles. The van der Waals surface area contributed by atoms with Gasteiger partial charge >= 0.3 is 0 Å². The molecule has 1 aromatic carbocycles. The van der Waals surface area contributed by atoms with Gasteiger partial charge in [-0.1, -0.05) is 26.0 Å². The first kappa shape index (κ1) is 13.7. The first-order valence-electron chi connectivity index (χ1n) is 6.76. The van der Waals surface area contributed by atoms with Crippen LogP contribution in [0, 0.1) is 5.82 Å². The van der Waals surface area contributed by atoms with E-state index in [9.17, 15) is 4.39 Å². The Bertz CT molecular complexity index is 534. The predicted molar refractivity (Wildman–Crippen MR) is 75.3 cm³/mol. The smallest absolute Gasteiger partial charge is 0.131 e. The molecule has 102 valence electrons. The molecule has 0 aliphatic rings. The number of aromatic nitrogens is 2. The van der Waals surface area contributed by atoms with Gasteiger partial charge in [0, 0.05) is 30.4 Å². The van der Waals surface area contributed by atoms with Gasteiger partial charge in [-0.2, -0.15) is 5.10 Å². The molecule has 0 radical (unpaired) electrons. The number of aryl methyl sites for hydroxylation is 1. The van der Waals surface area contributed by atoms with E-state index in [0.29, 0.717) is 12.1 Å². The minimum Gasteiger partial charge on any atom is -0.313 e. The fourth-order valence-electron chi connectivity index (χ4n) is 2.03. The van der Waals surface area contributed by atoms with Gasteiger partial charge in [-0.3, -0.25) is 4.68 Å².